The lowest BCUT2D eigenvalue weighted by Crippen LogP contribution is -2.38. The number of para-hydroxylation sites is 1. The minimum absolute atomic E-state index is 0.0350. The Balaban J connectivity index is 1.51. The summed E-state index contributed by atoms with van der Waals surface area (Å²) in [7, 11) is 1.63. The molecule has 3 rings (SSSR count). The molecule has 1 N–H and O–H groups in total. The van der Waals surface area contributed by atoms with E-state index in [2.05, 4.69) is 5.32 Å². The number of rotatable bonds is 8. The zero-order valence-electron chi connectivity index (χ0n) is 16.1. The first kappa shape index (κ1) is 19.5. The molecule has 7 nitrogen and oxygen atoms in total. The zero-order valence-corrected chi connectivity index (χ0v) is 16.1. The average molecular weight is 384 g/mol. The van der Waals surface area contributed by atoms with E-state index >= 15 is 0 Å². The lowest BCUT2D eigenvalue weighted by Gasteiger charge is -2.22. The molecule has 2 aromatic rings. The van der Waals surface area contributed by atoms with Crippen molar-refractivity contribution in [1.82, 2.24) is 10.2 Å². The Morgan fingerprint density at radius 1 is 1.11 bits per heavy atom. The van der Waals surface area contributed by atoms with Crippen molar-refractivity contribution in [1.29, 1.82) is 0 Å². The molecular weight excluding hydrogens is 360 g/mol. The number of carbonyl (C=O) groups excluding carboxylic acids is 2. The lowest BCUT2D eigenvalue weighted by molar-refractivity contribution is -0.128. The van der Waals surface area contributed by atoms with Crippen molar-refractivity contribution in [3.8, 4) is 17.2 Å². The summed E-state index contributed by atoms with van der Waals surface area (Å²) >= 11 is 0. The fourth-order valence-electron chi connectivity index (χ4n) is 3.04. The molecule has 0 spiro atoms. The van der Waals surface area contributed by atoms with Gasteiger partial charge in [-0.25, -0.2) is 0 Å². The first-order valence-corrected chi connectivity index (χ1v) is 9.13. The van der Waals surface area contributed by atoms with Gasteiger partial charge in [-0.2, -0.15) is 0 Å². The van der Waals surface area contributed by atoms with Crippen molar-refractivity contribution in [2.45, 2.75) is 13.3 Å². The maximum Gasteiger partial charge on any atom is 0.251 e. The van der Waals surface area contributed by atoms with Gasteiger partial charge in [0.2, 0.25) is 12.7 Å². The van der Waals surface area contributed by atoms with Gasteiger partial charge in [0.05, 0.1) is 7.11 Å². The smallest absolute Gasteiger partial charge is 0.251 e. The van der Waals surface area contributed by atoms with Crippen molar-refractivity contribution in [3.63, 3.8) is 0 Å². The van der Waals surface area contributed by atoms with E-state index in [9.17, 15) is 9.59 Å². The van der Waals surface area contributed by atoms with Crippen LogP contribution in [-0.2, 0) is 11.2 Å². The Kier molecular flexibility index (Phi) is 6.37. The van der Waals surface area contributed by atoms with Gasteiger partial charge in [-0.15, -0.1) is 0 Å². The Labute approximate surface area is 164 Å². The van der Waals surface area contributed by atoms with Gasteiger partial charge in [-0.1, -0.05) is 18.2 Å². The van der Waals surface area contributed by atoms with Gasteiger partial charge in [0.25, 0.3) is 5.91 Å². The number of nitrogens with one attached hydrogen (secondary N) is 1. The van der Waals surface area contributed by atoms with Crippen LogP contribution >= 0.6 is 0 Å². The number of hydrogen-bond donors (Lipinski definition) is 1. The minimum atomic E-state index is -0.216. The molecule has 0 aliphatic carbocycles. The Morgan fingerprint density at radius 3 is 2.68 bits per heavy atom. The number of benzene rings is 2. The molecule has 0 saturated carbocycles. The van der Waals surface area contributed by atoms with Crippen LogP contribution in [0.1, 0.15) is 22.8 Å². The molecule has 0 atom stereocenters. The van der Waals surface area contributed by atoms with Crippen molar-refractivity contribution in [3.05, 3.63) is 53.6 Å². The Morgan fingerprint density at radius 2 is 1.89 bits per heavy atom. The standard InChI is InChI=1S/C21H24N2O5/c1-15(24)23(11-9-16-5-3-4-6-18(16)26-2)12-10-22-21(25)17-7-8-19-20(13-17)28-14-27-19/h3-8,13H,9-12,14H2,1-2H3,(H,22,25). The molecule has 0 fully saturated rings. The second-order valence-electron chi connectivity index (χ2n) is 6.39. The van der Waals surface area contributed by atoms with E-state index in [1.165, 1.54) is 6.92 Å². The zero-order chi connectivity index (χ0) is 19.9. The lowest BCUT2D eigenvalue weighted by atomic mass is 10.1. The fourth-order valence-corrected chi connectivity index (χ4v) is 3.04. The predicted octanol–water partition coefficient (Wildman–Crippen LogP) is 2.24. The van der Waals surface area contributed by atoms with Gasteiger partial charge < -0.3 is 24.4 Å². The fraction of sp³-hybridized carbons (Fsp3) is 0.333. The van der Waals surface area contributed by atoms with Crippen LogP contribution in [0.3, 0.4) is 0 Å². The molecule has 1 aliphatic heterocycles. The largest absolute Gasteiger partial charge is 0.496 e. The van der Waals surface area contributed by atoms with Crippen molar-refractivity contribution < 1.29 is 23.8 Å². The van der Waals surface area contributed by atoms with E-state index in [0.29, 0.717) is 43.1 Å². The van der Waals surface area contributed by atoms with Gasteiger partial charge in [-0.3, -0.25) is 9.59 Å². The number of methoxy groups -OCH3 is 1. The number of nitrogens with zero attached hydrogens (tertiary/aromatic N) is 1. The summed E-state index contributed by atoms with van der Waals surface area (Å²) < 4.78 is 15.9. The SMILES string of the molecule is COc1ccccc1CCN(CCNC(=O)c1ccc2c(c1)OCO2)C(C)=O. The number of fused-ring (bicyclic) bond motifs is 1. The van der Waals surface area contributed by atoms with Crippen molar-refractivity contribution in [2.75, 3.05) is 33.5 Å². The second kappa shape index (κ2) is 9.12. The molecule has 148 valence electrons. The number of ether oxygens (including phenoxy) is 3. The molecule has 1 heterocycles. The molecular formula is C21H24N2O5. The van der Waals surface area contributed by atoms with E-state index in [4.69, 9.17) is 14.2 Å². The van der Waals surface area contributed by atoms with E-state index in [-0.39, 0.29) is 18.6 Å². The Hall–Kier alpha value is -3.22. The molecule has 0 bridgehead atoms. The molecule has 2 amide bonds. The first-order valence-electron chi connectivity index (χ1n) is 9.13. The van der Waals surface area contributed by atoms with Crippen molar-refractivity contribution in [2.24, 2.45) is 0 Å². The third-order valence-electron chi connectivity index (χ3n) is 4.59. The molecule has 0 aromatic heterocycles. The van der Waals surface area contributed by atoms with Gasteiger partial charge in [-0.05, 0) is 36.2 Å². The molecule has 28 heavy (non-hydrogen) atoms. The highest BCUT2D eigenvalue weighted by atomic mass is 16.7. The van der Waals surface area contributed by atoms with E-state index < -0.39 is 0 Å². The third-order valence-corrected chi connectivity index (χ3v) is 4.59. The predicted molar refractivity (Wildman–Crippen MR) is 104 cm³/mol. The number of hydrogen-bond acceptors (Lipinski definition) is 5. The summed E-state index contributed by atoms with van der Waals surface area (Å²) in [5.74, 6) is 1.76. The highest BCUT2D eigenvalue weighted by Crippen LogP contribution is 2.32. The normalized spacial score (nSPS) is 11.8. The monoisotopic (exact) mass is 384 g/mol. The van der Waals surface area contributed by atoms with Crippen LogP contribution in [0.15, 0.2) is 42.5 Å². The van der Waals surface area contributed by atoms with Crippen LogP contribution in [0.4, 0.5) is 0 Å². The molecule has 0 radical (unpaired) electrons. The van der Waals surface area contributed by atoms with Crippen LogP contribution in [0.25, 0.3) is 0 Å². The number of amides is 2. The molecule has 2 aromatic carbocycles. The molecule has 0 unspecified atom stereocenters. The maximum absolute atomic E-state index is 12.3. The highest BCUT2D eigenvalue weighted by Gasteiger charge is 2.16. The molecule has 7 heteroatoms. The Bertz CT molecular complexity index is 852. The van der Waals surface area contributed by atoms with E-state index in [1.54, 1.807) is 30.2 Å². The van der Waals surface area contributed by atoms with Crippen LogP contribution in [0.5, 0.6) is 17.2 Å². The third kappa shape index (κ3) is 4.73. The second-order valence-corrected chi connectivity index (χ2v) is 6.39. The van der Waals surface area contributed by atoms with Crippen LogP contribution in [0.2, 0.25) is 0 Å². The van der Waals surface area contributed by atoms with Crippen molar-refractivity contribution >= 4 is 11.8 Å². The maximum atomic E-state index is 12.3. The van der Waals surface area contributed by atoms with Crippen LogP contribution in [-0.4, -0.2) is 50.3 Å². The summed E-state index contributed by atoms with van der Waals surface area (Å²) in [6.45, 7) is 3.04. The summed E-state index contributed by atoms with van der Waals surface area (Å²) in [6.07, 6.45) is 0.680. The van der Waals surface area contributed by atoms with Crippen LogP contribution in [0, 0.1) is 0 Å². The number of carbonyl (C=O) groups is 2. The van der Waals surface area contributed by atoms with E-state index in [1.807, 2.05) is 24.3 Å². The topological polar surface area (TPSA) is 77.1 Å². The molecule has 0 saturated heterocycles. The summed E-state index contributed by atoms with van der Waals surface area (Å²) in [5.41, 5.74) is 1.54. The average Bonchev–Trinajstić information content (AvgIpc) is 3.18. The minimum Gasteiger partial charge on any atom is -0.496 e. The molecule has 1 aliphatic rings. The summed E-state index contributed by atoms with van der Waals surface area (Å²) in [5, 5.41) is 2.84. The highest BCUT2D eigenvalue weighted by molar-refractivity contribution is 5.94. The van der Waals surface area contributed by atoms with Gasteiger partial charge in [0.1, 0.15) is 5.75 Å². The van der Waals surface area contributed by atoms with Crippen LogP contribution < -0.4 is 19.5 Å². The summed E-state index contributed by atoms with van der Waals surface area (Å²) in [4.78, 5) is 26.0. The first-order chi connectivity index (χ1) is 13.6. The van der Waals surface area contributed by atoms with Gasteiger partial charge in [0, 0.05) is 32.1 Å². The van der Waals surface area contributed by atoms with Gasteiger partial charge in [0.15, 0.2) is 11.5 Å². The summed E-state index contributed by atoms with van der Waals surface area (Å²) in [6, 6.07) is 12.8. The quantitative estimate of drug-likeness (QED) is 0.755. The van der Waals surface area contributed by atoms with E-state index in [0.717, 1.165) is 11.3 Å². The van der Waals surface area contributed by atoms with Gasteiger partial charge >= 0.3 is 0 Å².